The fourth-order valence-electron chi connectivity index (χ4n) is 4.29. The zero-order valence-electron chi connectivity index (χ0n) is 26.2. The average molecular weight is 545 g/mol. The highest BCUT2D eigenvalue weighted by Gasteiger charge is 2.21. The Balaban J connectivity index is 4.35. The molecule has 0 aromatic rings. The van der Waals surface area contributed by atoms with Crippen molar-refractivity contribution >= 4 is 5.91 Å². The van der Waals surface area contributed by atoms with E-state index in [0.29, 0.717) is 39.6 Å². The molecule has 0 aliphatic rings. The number of ether oxygens (including phenoxy) is 4. The molecular weight excluding hydrogens is 480 g/mol. The van der Waals surface area contributed by atoms with Gasteiger partial charge in [0.25, 0.3) is 0 Å². The second-order valence-corrected chi connectivity index (χ2v) is 11.2. The van der Waals surface area contributed by atoms with Crippen LogP contribution in [0, 0.1) is 5.41 Å². The van der Waals surface area contributed by atoms with Gasteiger partial charge in [-0.3, -0.25) is 9.69 Å². The maximum atomic E-state index is 12.8. The van der Waals surface area contributed by atoms with Crippen LogP contribution < -0.4 is 0 Å². The van der Waals surface area contributed by atoms with E-state index >= 15 is 0 Å². The second kappa shape index (κ2) is 26.5. The van der Waals surface area contributed by atoms with Crippen molar-refractivity contribution in [2.45, 2.75) is 106 Å². The highest BCUT2D eigenvalue weighted by Crippen LogP contribution is 2.16. The Morgan fingerprint density at radius 2 is 1.08 bits per heavy atom. The molecule has 0 unspecified atom stereocenters. The first-order valence-electron chi connectivity index (χ1n) is 15.7. The molecule has 0 N–H and O–H groups in total. The van der Waals surface area contributed by atoms with E-state index in [0.717, 1.165) is 45.8 Å². The van der Waals surface area contributed by atoms with Gasteiger partial charge >= 0.3 is 0 Å². The molecule has 0 aromatic heterocycles. The second-order valence-electron chi connectivity index (χ2n) is 11.2. The first kappa shape index (κ1) is 37.3. The normalized spacial score (nSPS) is 12.0. The van der Waals surface area contributed by atoms with Crippen molar-refractivity contribution in [1.82, 2.24) is 9.80 Å². The van der Waals surface area contributed by atoms with Crippen LogP contribution in [-0.4, -0.2) is 101 Å². The maximum Gasteiger partial charge on any atom is 0.248 e. The summed E-state index contributed by atoms with van der Waals surface area (Å²) in [5, 5.41) is 0. The zero-order chi connectivity index (χ0) is 28.3. The predicted molar refractivity (Wildman–Crippen MR) is 159 cm³/mol. The average Bonchev–Trinajstić information content (AvgIpc) is 2.89. The van der Waals surface area contributed by atoms with Crippen LogP contribution in [0.5, 0.6) is 0 Å². The van der Waals surface area contributed by atoms with E-state index in [1.54, 1.807) is 0 Å². The summed E-state index contributed by atoms with van der Waals surface area (Å²) < 4.78 is 23.0. The number of rotatable bonds is 29. The van der Waals surface area contributed by atoms with E-state index in [2.05, 4.69) is 32.6 Å². The first-order chi connectivity index (χ1) is 18.4. The molecule has 0 saturated heterocycles. The summed E-state index contributed by atoms with van der Waals surface area (Å²) in [5.74, 6) is 0.0563. The maximum absolute atomic E-state index is 12.8. The molecule has 0 heterocycles. The third-order valence-corrected chi connectivity index (χ3v) is 6.69. The molecule has 0 spiro atoms. The van der Waals surface area contributed by atoms with Gasteiger partial charge in [0.15, 0.2) is 0 Å². The Bertz CT molecular complexity index is 518. The van der Waals surface area contributed by atoms with Gasteiger partial charge < -0.3 is 23.8 Å². The number of nitrogens with zero attached hydrogens (tertiary/aromatic N) is 2. The molecule has 7 heteroatoms. The number of amides is 1. The van der Waals surface area contributed by atoms with E-state index in [4.69, 9.17) is 18.9 Å². The lowest BCUT2D eigenvalue weighted by atomic mass is 9.96. The first-order valence-corrected chi connectivity index (χ1v) is 15.7. The van der Waals surface area contributed by atoms with Crippen LogP contribution in [-0.2, 0) is 23.7 Å². The van der Waals surface area contributed by atoms with Crippen LogP contribution in [0.4, 0.5) is 0 Å². The minimum Gasteiger partial charge on any atom is -0.380 e. The van der Waals surface area contributed by atoms with E-state index in [9.17, 15) is 4.79 Å². The molecule has 38 heavy (non-hydrogen) atoms. The number of hydrogen-bond donors (Lipinski definition) is 0. The minimum absolute atomic E-state index is 0.0563. The lowest BCUT2D eigenvalue weighted by Gasteiger charge is -2.27. The molecule has 7 nitrogen and oxygen atoms in total. The summed E-state index contributed by atoms with van der Waals surface area (Å²) in [6.07, 6.45) is 12.4. The topological polar surface area (TPSA) is 60.5 Å². The fraction of sp³-hybridized carbons (Fsp3) is 0.968. The highest BCUT2D eigenvalue weighted by molar-refractivity contribution is 5.77. The van der Waals surface area contributed by atoms with Crippen LogP contribution in [0.1, 0.15) is 106 Å². The van der Waals surface area contributed by atoms with Gasteiger partial charge in [-0.05, 0) is 33.2 Å². The van der Waals surface area contributed by atoms with Gasteiger partial charge in [-0.15, -0.1) is 0 Å². The molecule has 0 radical (unpaired) electrons. The molecule has 0 fully saturated rings. The lowest BCUT2D eigenvalue weighted by molar-refractivity contribution is -0.138. The number of carbonyl (C=O) groups excluding carboxylic acids is 1. The summed E-state index contributed by atoms with van der Waals surface area (Å²) in [6.45, 7) is 21.9. The molecule has 228 valence electrons. The molecule has 1 amide bonds. The molecule has 0 rings (SSSR count). The van der Waals surface area contributed by atoms with E-state index < -0.39 is 0 Å². The SMILES string of the molecule is CCCCCCCN(CCOCC)CCOCC(C)(C)COCC(=O)N(CCCCCCC)CCOCC. The fourth-order valence-corrected chi connectivity index (χ4v) is 4.29. The molecule has 0 aliphatic carbocycles. The van der Waals surface area contributed by atoms with Crippen molar-refractivity contribution in [3.8, 4) is 0 Å². The molecular formula is C31H64N2O5. The van der Waals surface area contributed by atoms with Gasteiger partial charge in [-0.1, -0.05) is 79.1 Å². The summed E-state index contributed by atoms with van der Waals surface area (Å²) >= 11 is 0. The van der Waals surface area contributed by atoms with E-state index in [1.165, 1.54) is 57.8 Å². The van der Waals surface area contributed by atoms with Crippen LogP contribution in [0.15, 0.2) is 0 Å². The van der Waals surface area contributed by atoms with Crippen molar-refractivity contribution in [3.05, 3.63) is 0 Å². The molecule has 0 aliphatic heterocycles. The quantitative estimate of drug-likeness (QED) is 0.105. The van der Waals surface area contributed by atoms with Gasteiger partial charge in [0.05, 0.1) is 33.0 Å². The van der Waals surface area contributed by atoms with E-state index in [-0.39, 0.29) is 17.9 Å². The highest BCUT2D eigenvalue weighted by atomic mass is 16.5. The third kappa shape index (κ3) is 23.2. The van der Waals surface area contributed by atoms with Crippen molar-refractivity contribution in [1.29, 1.82) is 0 Å². The Kier molecular flexibility index (Phi) is 26.0. The number of hydrogen-bond acceptors (Lipinski definition) is 6. The van der Waals surface area contributed by atoms with Crippen molar-refractivity contribution in [3.63, 3.8) is 0 Å². The Morgan fingerprint density at radius 1 is 0.579 bits per heavy atom. The summed E-state index contributed by atoms with van der Waals surface area (Å²) in [4.78, 5) is 17.2. The molecule has 0 saturated carbocycles. The summed E-state index contributed by atoms with van der Waals surface area (Å²) in [5.41, 5.74) is -0.146. The summed E-state index contributed by atoms with van der Waals surface area (Å²) in [6, 6.07) is 0. The van der Waals surface area contributed by atoms with Crippen molar-refractivity contribution in [2.24, 2.45) is 5.41 Å². The minimum atomic E-state index is -0.146. The van der Waals surface area contributed by atoms with Gasteiger partial charge in [0.1, 0.15) is 6.61 Å². The van der Waals surface area contributed by atoms with E-state index in [1.807, 2.05) is 18.7 Å². The van der Waals surface area contributed by atoms with Gasteiger partial charge in [-0.25, -0.2) is 0 Å². The van der Waals surface area contributed by atoms with Crippen molar-refractivity contribution < 1.29 is 23.7 Å². The summed E-state index contributed by atoms with van der Waals surface area (Å²) in [7, 11) is 0. The van der Waals surface area contributed by atoms with Crippen molar-refractivity contribution in [2.75, 3.05) is 85.6 Å². The predicted octanol–water partition coefficient (Wildman–Crippen LogP) is 6.19. The molecule has 0 bridgehead atoms. The Labute approximate surface area is 236 Å². The van der Waals surface area contributed by atoms with Gasteiger partial charge in [0.2, 0.25) is 5.91 Å². The lowest BCUT2D eigenvalue weighted by Crippen LogP contribution is -2.38. The van der Waals surface area contributed by atoms with Crippen LogP contribution in [0.3, 0.4) is 0 Å². The Hall–Kier alpha value is -0.730. The van der Waals surface area contributed by atoms with Gasteiger partial charge in [-0.2, -0.15) is 0 Å². The number of carbonyl (C=O) groups is 1. The van der Waals surface area contributed by atoms with Crippen LogP contribution in [0.25, 0.3) is 0 Å². The molecule has 0 atom stereocenters. The van der Waals surface area contributed by atoms with Gasteiger partial charge in [0, 0.05) is 44.8 Å². The monoisotopic (exact) mass is 544 g/mol. The largest absolute Gasteiger partial charge is 0.380 e. The zero-order valence-corrected chi connectivity index (χ0v) is 26.2. The standard InChI is InChI=1S/C31H64N2O5/c1-7-11-13-15-17-19-32(21-24-35-9-3)22-25-37-28-31(5,6)29-38-27-30(34)33(23-26-36-10-4)20-18-16-14-12-8-2/h7-29H2,1-6H3. The molecule has 0 aromatic carbocycles. The van der Waals surface area contributed by atoms with Crippen LogP contribution in [0.2, 0.25) is 0 Å². The number of unbranched alkanes of at least 4 members (excludes halogenated alkanes) is 8. The Morgan fingerprint density at radius 3 is 1.66 bits per heavy atom. The smallest absolute Gasteiger partial charge is 0.248 e. The third-order valence-electron chi connectivity index (χ3n) is 6.69. The van der Waals surface area contributed by atoms with Crippen LogP contribution >= 0.6 is 0 Å².